The zero-order chi connectivity index (χ0) is 16.0. The van der Waals surface area contributed by atoms with Crippen molar-refractivity contribution in [3.05, 3.63) is 35.6 Å². The number of benzene rings is 1. The lowest BCUT2D eigenvalue weighted by molar-refractivity contribution is -0.155. The summed E-state index contributed by atoms with van der Waals surface area (Å²) in [6.45, 7) is 5.25. The third-order valence-electron chi connectivity index (χ3n) is 3.19. The summed E-state index contributed by atoms with van der Waals surface area (Å²) in [6.07, 6.45) is -0.0963. The van der Waals surface area contributed by atoms with Gasteiger partial charge in [-0.2, -0.15) is 0 Å². The van der Waals surface area contributed by atoms with Gasteiger partial charge in [0, 0.05) is 17.9 Å². The lowest BCUT2D eigenvalue weighted by Crippen LogP contribution is -2.31. The predicted molar refractivity (Wildman–Crippen MR) is 75.3 cm³/mol. The van der Waals surface area contributed by atoms with Gasteiger partial charge < -0.3 is 4.74 Å². The minimum Gasteiger partial charge on any atom is -0.460 e. The van der Waals surface area contributed by atoms with Gasteiger partial charge in [-0.15, -0.1) is 0 Å². The van der Waals surface area contributed by atoms with Crippen LogP contribution in [-0.4, -0.2) is 24.1 Å². The van der Waals surface area contributed by atoms with E-state index < -0.39 is 23.5 Å². The summed E-state index contributed by atoms with van der Waals surface area (Å²) in [6, 6.07) is 5.10. The molecular formula is C16H19FO4. The third-order valence-corrected chi connectivity index (χ3v) is 3.19. The highest BCUT2D eigenvalue weighted by Gasteiger charge is 2.31. The molecule has 0 aliphatic rings. The van der Waals surface area contributed by atoms with Gasteiger partial charge in [0.05, 0.1) is 6.61 Å². The number of hydrogen-bond donors (Lipinski definition) is 0. The molecule has 114 valence electrons. The number of ketones is 2. The van der Waals surface area contributed by atoms with E-state index in [-0.39, 0.29) is 24.7 Å². The Morgan fingerprint density at radius 3 is 2.19 bits per heavy atom. The molecule has 0 spiro atoms. The van der Waals surface area contributed by atoms with E-state index >= 15 is 0 Å². The molecule has 0 radical (unpaired) electrons. The van der Waals surface area contributed by atoms with Gasteiger partial charge in [-0.1, -0.05) is 13.8 Å². The maximum Gasteiger partial charge on any atom is 0.374 e. The van der Waals surface area contributed by atoms with E-state index in [9.17, 15) is 18.8 Å². The molecule has 0 fully saturated rings. The van der Waals surface area contributed by atoms with E-state index in [0.29, 0.717) is 5.56 Å². The van der Waals surface area contributed by atoms with Crippen LogP contribution in [0.25, 0.3) is 0 Å². The summed E-state index contributed by atoms with van der Waals surface area (Å²) in [5.74, 6) is -3.25. The van der Waals surface area contributed by atoms with Crippen molar-refractivity contribution in [3.8, 4) is 0 Å². The highest BCUT2D eigenvalue weighted by Crippen LogP contribution is 2.20. The average molecular weight is 294 g/mol. The standard InChI is InChI=1S/C16H19FO4/c1-4-21-16(20)15(19)13(10(2)3)9-14(18)11-5-7-12(17)8-6-11/h5-8,10,13H,4,9H2,1-3H3/t13-/m0/s1. The number of rotatable bonds is 7. The lowest BCUT2D eigenvalue weighted by atomic mass is 9.85. The van der Waals surface area contributed by atoms with Gasteiger partial charge >= 0.3 is 5.97 Å². The Labute approximate surface area is 123 Å². The van der Waals surface area contributed by atoms with Crippen molar-refractivity contribution in [1.82, 2.24) is 0 Å². The van der Waals surface area contributed by atoms with Crippen LogP contribution in [-0.2, 0) is 14.3 Å². The molecule has 0 bridgehead atoms. The molecule has 0 aromatic heterocycles. The SMILES string of the molecule is CCOC(=O)C(=O)[C@@H](CC(=O)c1ccc(F)cc1)C(C)C. The highest BCUT2D eigenvalue weighted by atomic mass is 19.1. The van der Waals surface area contributed by atoms with E-state index in [0.717, 1.165) is 0 Å². The van der Waals surface area contributed by atoms with Gasteiger partial charge in [0.2, 0.25) is 5.78 Å². The van der Waals surface area contributed by atoms with Crippen LogP contribution in [0.4, 0.5) is 4.39 Å². The molecule has 21 heavy (non-hydrogen) atoms. The zero-order valence-electron chi connectivity index (χ0n) is 12.4. The Morgan fingerprint density at radius 1 is 1.14 bits per heavy atom. The Kier molecular flexibility index (Phi) is 6.21. The summed E-state index contributed by atoms with van der Waals surface area (Å²) in [7, 11) is 0. The maximum atomic E-state index is 12.8. The van der Waals surface area contributed by atoms with Crippen molar-refractivity contribution in [3.63, 3.8) is 0 Å². The smallest absolute Gasteiger partial charge is 0.374 e. The lowest BCUT2D eigenvalue weighted by Gasteiger charge is -2.17. The second kappa shape index (κ2) is 7.67. The Balaban J connectivity index is 2.83. The van der Waals surface area contributed by atoms with Crippen LogP contribution in [0.3, 0.4) is 0 Å². The van der Waals surface area contributed by atoms with Crippen LogP contribution < -0.4 is 0 Å². The second-order valence-corrected chi connectivity index (χ2v) is 5.07. The first kappa shape index (κ1) is 17.0. The summed E-state index contributed by atoms with van der Waals surface area (Å²) >= 11 is 0. The molecule has 0 heterocycles. The molecule has 0 unspecified atom stereocenters. The third kappa shape index (κ3) is 4.77. The van der Waals surface area contributed by atoms with E-state index in [2.05, 4.69) is 4.74 Å². The summed E-state index contributed by atoms with van der Waals surface area (Å²) in [4.78, 5) is 35.7. The minimum absolute atomic E-state index is 0.0963. The Hall–Kier alpha value is -2.04. The molecule has 0 aliphatic heterocycles. The number of hydrogen-bond acceptors (Lipinski definition) is 4. The van der Waals surface area contributed by atoms with Crippen LogP contribution in [0.15, 0.2) is 24.3 Å². The molecule has 0 aliphatic carbocycles. The molecule has 1 aromatic carbocycles. The quantitative estimate of drug-likeness (QED) is 0.441. The monoisotopic (exact) mass is 294 g/mol. The highest BCUT2D eigenvalue weighted by molar-refractivity contribution is 6.35. The maximum absolute atomic E-state index is 12.8. The number of carbonyl (C=O) groups excluding carboxylic acids is 3. The number of Topliss-reactive ketones (excluding diaryl/α,β-unsaturated/α-hetero) is 2. The summed E-state index contributed by atoms with van der Waals surface area (Å²) < 4.78 is 17.5. The molecule has 4 nitrogen and oxygen atoms in total. The van der Waals surface area contributed by atoms with Gasteiger partial charge in [0.25, 0.3) is 0 Å². The van der Waals surface area contributed by atoms with Gasteiger partial charge in [0.15, 0.2) is 5.78 Å². The van der Waals surface area contributed by atoms with Crippen molar-refractivity contribution < 1.29 is 23.5 Å². The fourth-order valence-electron chi connectivity index (χ4n) is 1.94. The first-order valence-corrected chi connectivity index (χ1v) is 6.86. The van der Waals surface area contributed by atoms with E-state index in [1.165, 1.54) is 24.3 Å². The second-order valence-electron chi connectivity index (χ2n) is 5.07. The van der Waals surface area contributed by atoms with Gasteiger partial charge in [-0.3, -0.25) is 9.59 Å². The molecule has 1 rings (SSSR count). The summed E-state index contributed by atoms with van der Waals surface area (Å²) in [5, 5.41) is 0. The molecule has 0 saturated heterocycles. The van der Waals surface area contributed by atoms with Crippen molar-refractivity contribution in [1.29, 1.82) is 0 Å². The van der Waals surface area contributed by atoms with Gasteiger partial charge in [0.1, 0.15) is 5.82 Å². The molecule has 0 saturated carbocycles. The van der Waals surface area contributed by atoms with E-state index in [1.807, 2.05) is 0 Å². The van der Waals surface area contributed by atoms with Crippen LogP contribution in [0.1, 0.15) is 37.6 Å². The Morgan fingerprint density at radius 2 is 1.71 bits per heavy atom. The molecule has 5 heteroatoms. The molecule has 1 atom stereocenters. The van der Waals surface area contributed by atoms with Crippen molar-refractivity contribution in [2.24, 2.45) is 11.8 Å². The Bertz CT molecular complexity index is 520. The van der Waals surface area contributed by atoms with Crippen LogP contribution in [0.2, 0.25) is 0 Å². The summed E-state index contributed by atoms with van der Waals surface area (Å²) in [5.41, 5.74) is 0.318. The number of halogens is 1. The van der Waals surface area contributed by atoms with E-state index in [4.69, 9.17) is 0 Å². The van der Waals surface area contributed by atoms with Crippen LogP contribution >= 0.6 is 0 Å². The van der Waals surface area contributed by atoms with Crippen LogP contribution in [0, 0.1) is 17.7 Å². The minimum atomic E-state index is -0.914. The average Bonchev–Trinajstić information content (AvgIpc) is 2.44. The molecule has 0 amide bonds. The van der Waals surface area contributed by atoms with Crippen molar-refractivity contribution in [2.75, 3.05) is 6.61 Å². The molecule has 0 N–H and O–H groups in total. The van der Waals surface area contributed by atoms with Crippen molar-refractivity contribution in [2.45, 2.75) is 27.2 Å². The first-order valence-electron chi connectivity index (χ1n) is 6.86. The van der Waals surface area contributed by atoms with Gasteiger partial charge in [-0.25, -0.2) is 9.18 Å². The zero-order valence-corrected chi connectivity index (χ0v) is 12.4. The number of esters is 1. The fraction of sp³-hybridized carbons (Fsp3) is 0.438. The molecule has 1 aromatic rings. The fourth-order valence-corrected chi connectivity index (χ4v) is 1.94. The first-order chi connectivity index (χ1) is 9.86. The molecular weight excluding hydrogens is 275 g/mol. The van der Waals surface area contributed by atoms with Crippen LogP contribution in [0.5, 0.6) is 0 Å². The number of ether oxygens (including phenoxy) is 1. The van der Waals surface area contributed by atoms with Crippen molar-refractivity contribution >= 4 is 17.5 Å². The van der Waals surface area contributed by atoms with E-state index in [1.54, 1.807) is 20.8 Å². The van der Waals surface area contributed by atoms with Gasteiger partial charge in [-0.05, 0) is 37.1 Å². The predicted octanol–water partition coefficient (Wildman–Crippen LogP) is 2.80. The normalized spacial score (nSPS) is 12.0. The largest absolute Gasteiger partial charge is 0.460 e. The topological polar surface area (TPSA) is 60.4 Å². The number of carbonyl (C=O) groups is 3.